The quantitative estimate of drug-likeness (QED) is 0.461. The van der Waals surface area contributed by atoms with Gasteiger partial charge >= 0.3 is 5.97 Å². The second-order valence-corrected chi connectivity index (χ2v) is 5.22. The Morgan fingerprint density at radius 2 is 1.73 bits per heavy atom. The zero-order valence-corrected chi connectivity index (χ0v) is 13.0. The predicted molar refractivity (Wildman–Crippen MR) is 87.2 cm³/mol. The van der Waals surface area contributed by atoms with Gasteiger partial charge < -0.3 is 4.74 Å². The van der Waals surface area contributed by atoms with Crippen LogP contribution in [0.2, 0.25) is 10.0 Å². The smallest absolute Gasteiger partial charge is 0.331 e. The summed E-state index contributed by atoms with van der Waals surface area (Å²) < 4.78 is 4.90. The summed E-state index contributed by atoms with van der Waals surface area (Å²) in [5.74, 6) is -0.854. The van der Waals surface area contributed by atoms with Crippen molar-refractivity contribution in [3.05, 3.63) is 75.8 Å². The van der Waals surface area contributed by atoms with E-state index in [-0.39, 0.29) is 12.4 Å². The Balaban J connectivity index is 1.89. The molecule has 0 heterocycles. The maximum Gasteiger partial charge on any atom is 0.331 e. The highest BCUT2D eigenvalue weighted by Gasteiger charge is 2.07. The molecule has 0 radical (unpaired) electrons. The molecule has 0 N–H and O–H groups in total. The second kappa shape index (κ2) is 7.78. The maximum absolute atomic E-state index is 11.8. The van der Waals surface area contributed by atoms with Gasteiger partial charge in [-0.25, -0.2) is 4.79 Å². The lowest BCUT2D eigenvalue weighted by molar-refractivity contribution is -0.136. The normalized spacial score (nSPS) is 10.6. The summed E-state index contributed by atoms with van der Waals surface area (Å²) in [6, 6.07) is 13.6. The van der Waals surface area contributed by atoms with Crippen molar-refractivity contribution in [3.8, 4) is 0 Å². The molecular formula is C17H12Cl2O3. The molecule has 0 unspecified atom stereocenters. The highest BCUT2D eigenvalue weighted by molar-refractivity contribution is 6.42. The molecule has 0 bridgehead atoms. The molecule has 112 valence electrons. The number of carbonyl (C=O) groups is 2. The number of esters is 1. The van der Waals surface area contributed by atoms with E-state index < -0.39 is 5.97 Å². The summed E-state index contributed by atoms with van der Waals surface area (Å²) in [5, 5.41) is 0.839. The first-order valence-electron chi connectivity index (χ1n) is 6.44. The van der Waals surface area contributed by atoms with E-state index in [0.717, 1.165) is 0 Å². The van der Waals surface area contributed by atoms with Crippen molar-refractivity contribution in [1.82, 2.24) is 0 Å². The third-order valence-corrected chi connectivity index (χ3v) is 3.54. The fraction of sp³-hybridized carbons (Fsp3) is 0.0588. The fourth-order valence-electron chi connectivity index (χ4n) is 1.67. The summed E-state index contributed by atoms with van der Waals surface area (Å²) in [6.07, 6.45) is 2.77. The number of ether oxygens (including phenoxy) is 1. The molecular weight excluding hydrogens is 323 g/mol. The molecule has 0 amide bonds. The highest BCUT2D eigenvalue weighted by Crippen LogP contribution is 2.23. The van der Waals surface area contributed by atoms with Crippen LogP contribution in [0.15, 0.2) is 54.6 Å². The number of Topliss-reactive ketones (excluding diaryl/α,β-unsaturated/α-hetero) is 1. The lowest BCUT2D eigenvalue weighted by Gasteiger charge is -2.01. The van der Waals surface area contributed by atoms with Gasteiger partial charge in [0.25, 0.3) is 0 Å². The van der Waals surface area contributed by atoms with E-state index in [4.69, 9.17) is 27.9 Å². The molecule has 5 heteroatoms. The number of hydrogen-bond acceptors (Lipinski definition) is 3. The fourth-order valence-corrected chi connectivity index (χ4v) is 1.98. The number of ketones is 1. The van der Waals surface area contributed by atoms with E-state index in [1.165, 1.54) is 12.2 Å². The van der Waals surface area contributed by atoms with Gasteiger partial charge in [-0.05, 0) is 23.8 Å². The molecule has 0 atom stereocenters. The number of halogens is 2. The van der Waals surface area contributed by atoms with Crippen LogP contribution in [0.1, 0.15) is 15.9 Å². The van der Waals surface area contributed by atoms with Crippen molar-refractivity contribution in [2.45, 2.75) is 0 Å². The molecule has 0 aliphatic carbocycles. The Kier molecular flexibility index (Phi) is 5.75. The third-order valence-electron chi connectivity index (χ3n) is 2.80. The van der Waals surface area contributed by atoms with Crippen LogP contribution in [-0.4, -0.2) is 18.4 Å². The monoisotopic (exact) mass is 334 g/mol. The number of hydrogen-bond donors (Lipinski definition) is 0. The molecule has 0 spiro atoms. The Morgan fingerprint density at radius 1 is 1.00 bits per heavy atom. The molecule has 0 aliphatic heterocycles. The minimum atomic E-state index is -0.602. The van der Waals surface area contributed by atoms with Gasteiger partial charge in [-0.2, -0.15) is 0 Å². The maximum atomic E-state index is 11.8. The molecule has 22 heavy (non-hydrogen) atoms. The first-order chi connectivity index (χ1) is 10.6. The molecule has 0 saturated carbocycles. The molecule has 3 nitrogen and oxygen atoms in total. The minimum Gasteiger partial charge on any atom is -0.454 e. The van der Waals surface area contributed by atoms with Gasteiger partial charge in [0.05, 0.1) is 10.0 Å². The van der Waals surface area contributed by atoms with Crippen molar-refractivity contribution in [3.63, 3.8) is 0 Å². The lowest BCUT2D eigenvalue weighted by atomic mass is 10.1. The summed E-state index contributed by atoms with van der Waals surface area (Å²) in [4.78, 5) is 23.4. The average molecular weight is 335 g/mol. The summed E-state index contributed by atoms with van der Waals surface area (Å²) in [5.41, 5.74) is 1.21. The SMILES string of the molecule is O=C(/C=C/c1ccc(Cl)c(Cl)c1)OCC(=O)c1ccccc1. The summed E-state index contributed by atoms with van der Waals surface area (Å²) in [6.45, 7) is -0.297. The Labute approximate surface area is 138 Å². The number of rotatable bonds is 5. The zero-order valence-electron chi connectivity index (χ0n) is 11.5. The highest BCUT2D eigenvalue weighted by atomic mass is 35.5. The van der Waals surface area contributed by atoms with Crippen LogP contribution in [0.3, 0.4) is 0 Å². The predicted octanol–water partition coefficient (Wildman–Crippen LogP) is 4.43. The average Bonchev–Trinajstić information content (AvgIpc) is 2.54. The van der Waals surface area contributed by atoms with Crippen LogP contribution in [0.4, 0.5) is 0 Å². The van der Waals surface area contributed by atoms with Crippen LogP contribution in [-0.2, 0) is 9.53 Å². The molecule has 2 aromatic carbocycles. The molecule has 2 rings (SSSR count). The third kappa shape index (κ3) is 4.72. The van der Waals surface area contributed by atoms with Gasteiger partial charge in [0.15, 0.2) is 12.4 Å². The van der Waals surface area contributed by atoms with E-state index in [2.05, 4.69) is 0 Å². The molecule has 2 aromatic rings. The zero-order chi connectivity index (χ0) is 15.9. The van der Waals surface area contributed by atoms with Gasteiger partial charge in [-0.15, -0.1) is 0 Å². The second-order valence-electron chi connectivity index (χ2n) is 4.40. The van der Waals surface area contributed by atoms with E-state index in [0.29, 0.717) is 21.2 Å². The van der Waals surface area contributed by atoms with Crippen molar-refractivity contribution in [2.24, 2.45) is 0 Å². The first kappa shape index (κ1) is 16.3. The van der Waals surface area contributed by atoms with Gasteiger partial charge in [0.2, 0.25) is 0 Å². The lowest BCUT2D eigenvalue weighted by Crippen LogP contribution is -2.12. The Bertz CT molecular complexity index is 709. The molecule has 0 fully saturated rings. The largest absolute Gasteiger partial charge is 0.454 e. The van der Waals surface area contributed by atoms with Crippen molar-refractivity contribution in [2.75, 3.05) is 6.61 Å². The topological polar surface area (TPSA) is 43.4 Å². The molecule has 0 aliphatic rings. The number of benzene rings is 2. The van der Waals surface area contributed by atoms with E-state index in [1.54, 1.807) is 42.5 Å². The van der Waals surface area contributed by atoms with E-state index >= 15 is 0 Å². The minimum absolute atomic E-state index is 0.253. The van der Waals surface area contributed by atoms with E-state index in [1.807, 2.05) is 6.07 Å². The molecule has 0 saturated heterocycles. The Morgan fingerprint density at radius 3 is 2.41 bits per heavy atom. The van der Waals surface area contributed by atoms with Gasteiger partial charge in [-0.1, -0.05) is 59.6 Å². The summed E-state index contributed by atoms with van der Waals surface area (Å²) in [7, 11) is 0. The van der Waals surface area contributed by atoms with Crippen molar-refractivity contribution < 1.29 is 14.3 Å². The van der Waals surface area contributed by atoms with Gasteiger partial charge in [-0.3, -0.25) is 4.79 Å². The number of carbonyl (C=O) groups excluding carboxylic acids is 2. The van der Waals surface area contributed by atoms with Crippen LogP contribution in [0, 0.1) is 0 Å². The Hall–Kier alpha value is -2.10. The van der Waals surface area contributed by atoms with Crippen molar-refractivity contribution >= 4 is 41.0 Å². The van der Waals surface area contributed by atoms with Gasteiger partial charge in [0.1, 0.15) is 0 Å². The van der Waals surface area contributed by atoms with Crippen LogP contribution in [0.5, 0.6) is 0 Å². The van der Waals surface area contributed by atoms with E-state index in [9.17, 15) is 9.59 Å². The van der Waals surface area contributed by atoms with Crippen LogP contribution in [0.25, 0.3) is 6.08 Å². The van der Waals surface area contributed by atoms with Crippen LogP contribution >= 0.6 is 23.2 Å². The van der Waals surface area contributed by atoms with Crippen LogP contribution < -0.4 is 0 Å². The van der Waals surface area contributed by atoms with Gasteiger partial charge in [0, 0.05) is 11.6 Å². The summed E-state index contributed by atoms with van der Waals surface area (Å²) >= 11 is 11.7. The standard InChI is InChI=1S/C17H12Cl2O3/c18-14-8-6-12(10-15(14)19)7-9-17(21)22-11-16(20)13-4-2-1-3-5-13/h1-10H,11H2/b9-7+. The molecule has 0 aromatic heterocycles. The first-order valence-corrected chi connectivity index (χ1v) is 7.20. The van der Waals surface area contributed by atoms with Crippen molar-refractivity contribution in [1.29, 1.82) is 0 Å².